The third-order valence-corrected chi connectivity index (χ3v) is 3.62. The van der Waals surface area contributed by atoms with Gasteiger partial charge in [-0.2, -0.15) is 0 Å². The van der Waals surface area contributed by atoms with Gasteiger partial charge < -0.3 is 15.8 Å². The van der Waals surface area contributed by atoms with E-state index in [1.54, 1.807) is 7.11 Å². The number of carbonyl (C=O) groups excluding carboxylic acids is 1. The van der Waals surface area contributed by atoms with Crippen LogP contribution in [0.4, 0.5) is 0 Å². The van der Waals surface area contributed by atoms with Crippen LogP contribution in [-0.2, 0) is 16.0 Å². The zero-order chi connectivity index (χ0) is 15.7. The van der Waals surface area contributed by atoms with E-state index in [2.05, 4.69) is 43.4 Å². The molecule has 0 aromatic heterocycles. The Morgan fingerprint density at radius 1 is 1.27 bits per heavy atom. The van der Waals surface area contributed by atoms with E-state index in [-0.39, 0.29) is 24.4 Å². The number of rotatable bonds is 9. The number of carbonyl (C=O) groups is 1. The van der Waals surface area contributed by atoms with E-state index in [4.69, 9.17) is 10.5 Å². The standard InChI is InChI=1S/C17H28N2O2.ClH/c1-13(2)15-8-6-14(7-9-15)5-4-10-19-17(20)11-16(12-18)21-3;/h6-9,13,16H,4-5,10-12,18H2,1-3H3,(H,19,20);1H. The minimum Gasteiger partial charge on any atom is -0.380 e. The van der Waals surface area contributed by atoms with Crippen LogP contribution in [0, 0.1) is 0 Å². The maximum Gasteiger partial charge on any atom is 0.222 e. The lowest BCUT2D eigenvalue weighted by molar-refractivity contribution is -0.123. The molecule has 3 N–H and O–H groups in total. The van der Waals surface area contributed by atoms with E-state index in [0.29, 0.717) is 25.4 Å². The molecule has 126 valence electrons. The molecule has 0 bridgehead atoms. The highest BCUT2D eigenvalue weighted by atomic mass is 35.5. The number of benzene rings is 1. The Balaban J connectivity index is 0.00000441. The number of aryl methyl sites for hydroxylation is 1. The van der Waals surface area contributed by atoms with E-state index in [0.717, 1.165) is 12.8 Å². The van der Waals surface area contributed by atoms with Crippen molar-refractivity contribution in [2.24, 2.45) is 5.73 Å². The second kappa shape index (κ2) is 11.5. The fourth-order valence-corrected chi connectivity index (χ4v) is 2.13. The SMILES string of the molecule is COC(CN)CC(=O)NCCCc1ccc(C(C)C)cc1.Cl. The third-order valence-electron chi connectivity index (χ3n) is 3.62. The Morgan fingerprint density at radius 2 is 1.91 bits per heavy atom. The summed E-state index contributed by atoms with van der Waals surface area (Å²) in [6.45, 7) is 5.44. The molecule has 0 fully saturated rings. The topological polar surface area (TPSA) is 64.3 Å². The molecule has 0 saturated carbocycles. The Hall–Kier alpha value is -1.10. The highest BCUT2D eigenvalue weighted by Gasteiger charge is 2.10. The van der Waals surface area contributed by atoms with Crippen molar-refractivity contribution in [3.05, 3.63) is 35.4 Å². The number of methoxy groups -OCH3 is 1. The number of hydrogen-bond donors (Lipinski definition) is 2. The van der Waals surface area contributed by atoms with Gasteiger partial charge in [-0.15, -0.1) is 12.4 Å². The molecule has 0 heterocycles. The largest absolute Gasteiger partial charge is 0.380 e. The molecule has 1 aromatic carbocycles. The molecule has 0 aliphatic heterocycles. The van der Waals surface area contributed by atoms with Gasteiger partial charge in [-0.3, -0.25) is 4.79 Å². The van der Waals surface area contributed by atoms with Crippen LogP contribution in [0.5, 0.6) is 0 Å². The van der Waals surface area contributed by atoms with Crippen molar-refractivity contribution in [2.45, 2.75) is 45.1 Å². The maximum atomic E-state index is 11.7. The lowest BCUT2D eigenvalue weighted by Crippen LogP contribution is -2.32. The Kier molecular flexibility index (Phi) is 10.9. The van der Waals surface area contributed by atoms with Crippen LogP contribution < -0.4 is 11.1 Å². The predicted octanol–water partition coefficient (Wildman–Crippen LogP) is 2.64. The summed E-state index contributed by atoms with van der Waals surface area (Å²) in [4.78, 5) is 11.7. The second-order valence-corrected chi connectivity index (χ2v) is 5.65. The van der Waals surface area contributed by atoms with Gasteiger partial charge >= 0.3 is 0 Å². The molecule has 0 spiro atoms. The summed E-state index contributed by atoms with van der Waals surface area (Å²) in [7, 11) is 1.58. The van der Waals surface area contributed by atoms with Gasteiger partial charge in [0.25, 0.3) is 0 Å². The van der Waals surface area contributed by atoms with Gasteiger partial charge in [0, 0.05) is 20.2 Å². The van der Waals surface area contributed by atoms with E-state index < -0.39 is 0 Å². The van der Waals surface area contributed by atoms with E-state index in [1.165, 1.54) is 11.1 Å². The Morgan fingerprint density at radius 3 is 2.41 bits per heavy atom. The molecule has 0 radical (unpaired) electrons. The first-order chi connectivity index (χ1) is 10.1. The van der Waals surface area contributed by atoms with Gasteiger partial charge in [0.05, 0.1) is 12.5 Å². The van der Waals surface area contributed by atoms with Crippen molar-refractivity contribution in [1.29, 1.82) is 0 Å². The van der Waals surface area contributed by atoms with Crippen molar-refractivity contribution in [2.75, 3.05) is 20.2 Å². The zero-order valence-corrected chi connectivity index (χ0v) is 14.6. The fraction of sp³-hybridized carbons (Fsp3) is 0.588. The number of amides is 1. The number of hydrogen-bond acceptors (Lipinski definition) is 3. The normalized spacial score (nSPS) is 11.9. The molecule has 22 heavy (non-hydrogen) atoms. The third kappa shape index (κ3) is 7.78. The van der Waals surface area contributed by atoms with Gasteiger partial charge in [0.1, 0.15) is 0 Å². The monoisotopic (exact) mass is 328 g/mol. The summed E-state index contributed by atoms with van der Waals surface area (Å²) < 4.78 is 5.09. The number of halogens is 1. The number of ether oxygens (including phenoxy) is 1. The van der Waals surface area contributed by atoms with Crippen molar-refractivity contribution in [3.63, 3.8) is 0 Å². The van der Waals surface area contributed by atoms with Gasteiger partial charge in [-0.1, -0.05) is 38.1 Å². The van der Waals surface area contributed by atoms with Gasteiger partial charge in [-0.25, -0.2) is 0 Å². The molecule has 4 nitrogen and oxygen atoms in total. The fourth-order valence-electron chi connectivity index (χ4n) is 2.13. The molecule has 1 amide bonds. The lowest BCUT2D eigenvalue weighted by atomic mass is 10.0. The highest BCUT2D eigenvalue weighted by Crippen LogP contribution is 2.15. The average molecular weight is 329 g/mol. The smallest absolute Gasteiger partial charge is 0.222 e. The first kappa shape index (κ1) is 20.9. The molecule has 1 unspecified atom stereocenters. The van der Waals surface area contributed by atoms with Crippen LogP contribution in [0.3, 0.4) is 0 Å². The van der Waals surface area contributed by atoms with Gasteiger partial charge in [0.2, 0.25) is 5.91 Å². The molecule has 1 rings (SSSR count). The summed E-state index contributed by atoms with van der Waals surface area (Å²) in [5.41, 5.74) is 8.16. The minimum absolute atomic E-state index is 0. The van der Waals surface area contributed by atoms with Crippen LogP contribution in [-0.4, -0.2) is 32.2 Å². The van der Waals surface area contributed by atoms with E-state index >= 15 is 0 Å². The van der Waals surface area contributed by atoms with Crippen molar-refractivity contribution < 1.29 is 9.53 Å². The zero-order valence-electron chi connectivity index (χ0n) is 13.8. The summed E-state index contributed by atoms with van der Waals surface area (Å²) in [6, 6.07) is 8.71. The van der Waals surface area contributed by atoms with Crippen LogP contribution in [0.1, 0.15) is 43.7 Å². The number of nitrogens with one attached hydrogen (secondary N) is 1. The molecule has 1 aromatic rings. The van der Waals surface area contributed by atoms with Crippen molar-refractivity contribution in [1.82, 2.24) is 5.32 Å². The summed E-state index contributed by atoms with van der Waals surface area (Å²) in [5.74, 6) is 0.567. The summed E-state index contributed by atoms with van der Waals surface area (Å²) in [5, 5.41) is 2.91. The first-order valence-electron chi connectivity index (χ1n) is 7.65. The molecule has 0 aliphatic rings. The number of nitrogens with two attached hydrogens (primary N) is 1. The predicted molar refractivity (Wildman–Crippen MR) is 93.6 cm³/mol. The lowest BCUT2D eigenvalue weighted by Gasteiger charge is -2.12. The van der Waals surface area contributed by atoms with Gasteiger partial charge in [-0.05, 0) is 29.9 Å². The van der Waals surface area contributed by atoms with Crippen LogP contribution >= 0.6 is 12.4 Å². The Bertz CT molecular complexity index is 417. The van der Waals surface area contributed by atoms with Crippen LogP contribution in [0.2, 0.25) is 0 Å². The van der Waals surface area contributed by atoms with E-state index in [9.17, 15) is 4.79 Å². The molecular weight excluding hydrogens is 300 g/mol. The summed E-state index contributed by atoms with van der Waals surface area (Å²) in [6.07, 6.45) is 2.06. The van der Waals surface area contributed by atoms with Crippen LogP contribution in [0.25, 0.3) is 0 Å². The minimum atomic E-state index is -0.187. The summed E-state index contributed by atoms with van der Waals surface area (Å²) >= 11 is 0. The van der Waals surface area contributed by atoms with E-state index in [1.807, 2.05) is 0 Å². The highest BCUT2D eigenvalue weighted by molar-refractivity contribution is 5.85. The molecule has 0 aliphatic carbocycles. The first-order valence-corrected chi connectivity index (χ1v) is 7.65. The van der Waals surface area contributed by atoms with Crippen molar-refractivity contribution >= 4 is 18.3 Å². The Labute approximate surface area is 140 Å². The maximum absolute atomic E-state index is 11.7. The van der Waals surface area contributed by atoms with Crippen molar-refractivity contribution in [3.8, 4) is 0 Å². The molecule has 1 atom stereocenters. The molecule has 5 heteroatoms. The van der Waals surface area contributed by atoms with Gasteiger partial charge in [0.15, 0.2) is 0 Å². The average Bonchev–Trinajstić information content (AvgIpc) is 2.49. The quantitative estimate of drug-likeness (QED) is 0.685. The second-order valence-electron chi connectivity index (χ2n) is 5.65. The van der Waals surface area contributed by atoms with Crippen LogP contribution in [0.15, 0.2) is 24.3 Å². The molecule has 0 saturated heterocycles. The molecular formula is C17H29ClN2O2.